The van der Waals surface area contributed by atoms with Crippen molar-refractivity contribution in [1.29, 1.82) is 0 Å². The van der Waals surface area contributed by atoms with Gasteiger partial charge in [0.05, 0.1) is 18.6 Å². The van der Waals surface area contributed by atoms with Crippen molar-refractivity contribution in [1.82, 2.24) is 4.31 Å². The fraction of sp³-hybridized carbons (Fsp3) is 0.235. The molecule has 0 bridgehead atoms. The maximum atomic E-state index is 12.5. The van der Waals surface area contributed by atoms with Crippen LogP contribution in [0.15, 0.2) is 53.4 Å². The molecule has 0 atom stereocenters. The number of hydrogen-bond donors (Lipinski definition) is 1. The molecule has 0 saturated carbocycles. The van der Waals surface area contributed by atoms with Crippen LogP contribution in [0.25, 0.3) is 0 Å². The molecule has 0 fully saturated rings. The predicted molar refractivity (Wildman–Crippen MR) is 92.6 cm³/mol. The number of amides is 1. The molecule has 0 aliphatic rings. The summed E-state index contributed by atoms with van der Waals surface area (Å²) in [7, 11) is -0.867. The summed E-state index contributed by atoms with van der Waals surface area (Å²) in [5, 5.41) is 2.69. The summed E-state index contributed by atoms with van der Waals surface area (Å²) in [6.07, 6.45) is 0. The Morgan fingerprint density at radius 2 is 1.83 bits per heavy atom. The standard InChI is InChI=1S/C17H20N2O4S/c1-13-5-4-6-14(11-13)18-17(20)12-19(2)24(21,22)16-9-7-15(23-3)8-10-16/h4-11H,12H2,1-3H3,(H,18,20). The predicted octanol–water partition coefficient (Wildman–Crippen LogP) is 2.26. The van der Waals surface area contributed by atoms with E-state index in [0.717, 1.165) is 9.87 Å². The van der Waals surface area contributed by atoms with E-state index in [0.29, 0.717) is 11.4 Å². The molecule has 2 aromatic carbocycles. The van der Waals surface area contributed by atoms with Gasteiger partial charge in [-0.15, -0.1) is 0 Å². The highest BCUT2D eigenvalue weighted by Gasteiger charge is 2.23. The van der Waals surface area contributed by atoms with Crippen molar-refractivity contribution in [3.63, 3.8) is 0 Å². The summed E-state index contributed by atoms with van der Waals surface area (Å²) in [5.41, 5.74) is 1.64. The zero-order valence-electron chi connectivity index (χ0n) is 13.8. The zero-order chi connectivity index (χ0) is 17.7. The second-order valence-electron chi connectivity index (χ2n) is 5.35. The average molecular weight is 348 g/mol. The molecule has 0 aliphatic heterocycles. The minimum absolute atomic E-state index is 0.106. The normalized spacial score (nSPS) is 11.3. The van der Waals surface area contributed by atoms with Crippen molar-refractivity contribution in [3.8, 4) is 5.75 Å². The fourth-order valence-electron chi connectivity index (χ4n) is 2.14. The van der Waals surface area contributed by atoms with Crippen molar-refractivity contribution in [2.45, 2.75) is 11.8 Å². The molecule has 0 heterocycles. The van der Waals surface area contributed by atoms with E-state index in [1.807, 2.05) is 25.1 Å². The van der Waals surface area contributed by atoms with Gasteiger partial charge >= 0.3 is 0 Å². The van der Waals surface area contributed by atoms with Gasteiger partial charge in [0.1, 0.15) is 5.75 Å². The Morgan fingerprint density at radius 1 is 1.17 bits per heavy atom. The van der Waals surface area contributed by atoms with Gasteiger partial charge in [-0.3, -0.25) is 4.79 Å². The van der Waals surface area contributed by atoms with Gasteiger partial charge in [-0.1, -0.05) is 12.1 Å². The van der Waals surface area contributed by atoms with E-state index in [1.165, 1.54) is 26.3 Å². The van der Waals surface area contributed by atoms with Crippen LogP contribution in [0.3, 0.4) is 0 Å². The number of anilines is 1. The topological polar surface area (TPSA) is 75.7 Å². The van der Waals surface area contributed by atoms with Gasteiger partial charge in [0, 0.05) is 12.7 Å². The largest absolute Gasteiger partial charge is 0.497 e. The van der Waals surface area contributed by atoms with Crippen molar-refractivity contribution in [3.05, 3.63) is 54.1 Å². The second-order valence-corrected chi connectivity index (χ2v) is 7.40. The first-order chi connectivity index (χ1) is 11.3. The van der Waals surface area contributed by atoms with E-state index >= 15 is 0 Å². The number of carbonyl (C=O) groups excluding carboxylic acids is 1. The number of rotatable bonds is 6. The van der Waals surface area contributed by atoms with Gasteiger partial charge in [-0.25, -0.2) is 8.42 Å². The maximum absolute atomic E-state index is 12.5. The van der Waals surface area contributed by atoms with Crippen LogP contribution in [0, 0.1) is 6.92 Å². The number of nitrogens with zero attached hydrogens (tertiary/aromatic N) is 1. The van der Waals surface area contributed by atoms with Crippen LogP contribution in [0.1, 0.15) is 5.56 Å². The lowest BCUT2D eigenvalue weighted by Crippen LogP contribution is -2.34. The van der Waals surface area contributed by atoms with Crippen molar-refractivity contribution in [2.24, 2.45) is 0 Å². The maximum Gasteiger partial charge on any atom is 0.243 e. The van der Waals surface area contributed by atoms with Gasteiger partial charge in [0.25, 0.3) is 0 Å². The number of methoxy groups -OCH3 is 1. The Kier molecular flexibility index (Phi) is 5.58. The lowest BCUT2D eigenvalue weighted by Gasteiger charge is -2.17. The quantitative estimate of drug-likeness (QED) is 0.869. The number of likely N-dealkylation sites (N-methyl/N-ethyl adjacent to an activating group) is 1. The molecule has 0 saturated heterocycles. The SMILES string of the molecule is COc1ccc(S(=O)(=O)N(C)CC(=O)Nc2cccc(C)c2)cc1. The number of aryl methyl sites for hydroxylation is 1. The highest BCUT2D eigenvalue weighted by molar-refractivity contribution is 7.89. The highest BCUT2D eigenvalue weighted by atomic mass is 32.2. The van der Waals surface area contributed by atoms with Crippen LogP contribution in [0.4, 0.5) is 5.69 Å². The number of ether oxygens (including phenoxy) is 1. The smallest absolute Gasteiger partial charge is 0.243 e. The first-order valence-corrected chi connectivity index (χ1v) is 8.74. The van der Waals surface area contributed by atoms with E-state index in [-0.39, 0.29) is 11.4 Å². The summed E-state index contributed by atoms with van der Waals surface area (Å²) >= 11 is 0. The fourth-order valence-corrected chi connectivity index (χ4v) is 3.27. The molecule has 2 aromatic rings. The highest BCUT2D eigenvalue weighted by Crippen LogP contribution is 2.18. The molecular formula is C17H20N2O4S. The summed E-state index contributed by atoms with van der Waals surface area (Å²) in [4.78, 5) is 12.2. The molecule has 0 aliphatic carbocycles. The molecule has 1 amide bonds. The van der Waals surface area contributed by atoms with Crippen LogP contribution in [0.5, 0.6) is 5.75 Å². The third-order valence-electron chi connectivity index (χ3n) is 3.44. The van der Waals surface area contributed by atoms with E-state index in [1.54, 1.807) is 18.2 Å². The summed E-state index contributed by atoms with van der Waals surface area (Å²) in [6.45, 7) is 1.64. The van der Waals surface area contributed by atoms with Crippen LogP contribution in [-0.4, -0.2) is 39.3 Å². The molecule has 0 radical (unpaired) electrons. The molecule has 0 unspecified atom stereocenters. The minimum atomic E-state index is -3.74. The molecule has 1 N–H and O–H groups in total. The van der Waals surface area contributed by atoms with E-state index < -0.39 is 15.9 Å². The Hall–Kier alpha value is -2.38. The van der Waals surface area contributed by atoms with Crippen molar-refractivity contribution in [2.75, 3.05) is 26.0 Å². The first kappa shape index (κ1) is 18.0. The number of carbonyl (C=O) groups is 1. The first-order valence-electron chi connectivity index (χ1n) is 7.30. The van der Waals surface area contributed by atoms with Crippen molar-refractivity contribution < 1.29 is 17.9 Å². The molecule has 7 heteroatoms. The van der Waals surface area contributed by atoms with Crippen molar-refractivity contribution >= 4 is 21.6 Å². The zero-order valence-corrected chi connectivity index (χ0v) is 14.6. The van der Waals surface area contributed by atoms with E-state index in [4.69, 9.17) is 4.74 Å². The van der Waals surface area contributed by atoms with Crippen LogP contribution in [0.2, 0.25) is 0 Å². The number of hydrogen-bond acceptors (Lipinski definition) is 4. The summed E-state index contributed by atoms with van der Waals surface area (Å²) in [5.74, 6) is 0.161. The summed E-state index contributed by atoms with van der Waals surface area (Å²) in [6, 6.07) is 13.3. The third-order valence-corrected chi connectivity index (χ3v) is 5.25. The van der Waals surface area contributed by atoms with E-state index in [9.17, 15) is 13.2 Å². The molecule has 128 valence electrons. The lowest BCUT2D eigenvalue weighted by atomic mass is 10.2. The molecule has 0 aromatic heterocycles. The Morgan fingerprint density at radius 3 is 2.42 bits per heavy atom. The molecule has 24 heavy (non-hydrogen) atoms. The lowest BCUT2D eigenvalue weighted by molar-refractivity contribution is -0.116. The van der Waals surface area contributed by atoms with Crippen LogP contribution < -0.4 is 10.1 Å². The molecule has 0 spiro atoms. The molecular weight excluding hydrogens is 328 g/mol. The number of benzene rings is 2. The average Bonchev–Trinajstić information content (AvgIpc) is 2.54. The van der Waals surface area contributed by atoms with E-state index in [2.05, 4.69) is 5.32 Å². The number of sulfonamides is 1. The Balaban J connectivity index is 2.06. The second kappa shape index (κ2) is 7.46. The monoisotopic (exact) mass is 348 g/mol. The van der Waals surface area contributed by atoms with Crippen LogP contribution >= 0.6 is 0 Å². The minimum Gasteiger partial charge on any atom is -0.497 e. The Labute approximate surface area is 142 Å². The molecule has 2 rings (SSSR count). The molecule has 6 nitrogen and oxygen atoms in total. The van der Waals surface area contributed by atoms with Crippen LogP contribution in [-0.2, 0) is 14.8 Å². The van der Waals surface area contributed by atoms with Gasteiger partial charge in [0.15, 0.2) is 0 Å². The van der Waals surface area contributed by atoms with Gasteiger partial charge < -0.3 is 10.1 Å². The van der Waals surface area contributed by atoms with Gasteiger partial charge in [-0.05, 0) is 48.9 Å². The third kappa shape index (κ3) is 4.33. The van der Waals surface area contributed by atoms with Gasteiger partial charge in [-0.2, -0.15) is 4.31 Å². The van der Waals surface area contributed by atoms with Gasteiger partial charge in [0.2, 0.25) is 15.9 Å². The summed E-state index contributed by atoms with van der Waals surface area (Å²) < 4.78 is 31.0. The number of nitrogens with one attached hydrogen (secondary N) is 1. The Bertz CT molecular complexity index is 817.